The third-order valence-corrected chi connectivity index (χ3v) is 2.33. The Bertz CT molecular complexity index is 690. The highest BCUT2D eigenvalue weighted by molar-refractivity contribution is 5.57. The van der Waals surface area contributed by atoms with Crippen LogP contribution in [0.3, 0.4) is 0 Å². The maximum atomic E-state index is 9.56. The predicted molar refractivity (Wildman–Crippen MR) is 66.8 cm³/mol. The summed E-state index contributed by atoms with van der Waals surface area (Å²) < 4.78 is 0. The SMILES string of the molecule is N#Cc1ccc(O)c(N=Nc2ccc(O)cc2O)c1. The van der Waals surface area contributed by atoms with Gasteiger partial charge in [-0.05, 0) is 30.3 Å². The average molecular weight is 255 g/mol. The van der Waals surface area contributed by atoms with Crippen LogP contribution in [0.5, 0.6) is 17.2 Å². The minimum atomic E-state index is -0.236. The Labute approximate surface area is 108 Å². The van der Waals surface area contributed by atoms with Crippen molar-refractivity contribution >= 4 is 11.4 Å². The van der Waals surface area contributed by atoms with Crippen LogP contribution >= 0.6 is 0 Å². The molecule has 0 spiro atoms. The van der Waals surface area contributed by atoms with Gasteiger partial charge in [-0.3, -0.25) is 0 Å². The molecule has 2 aromatic rings. The normalized spacial score (nSPS) is 10.5. The van der Waals surface area contributed by atoms with Crippen molar-refractivity contribution in [3.63, 3.8) is 0 Å². The number of hydrogen-bond donors (Lipinski definition) is 3. The van der Waals surface area contributed by atoms with Crippen molar-refractivity contribution in [2.45, 2.75) is 0 Å². The standard InChI is InChI=1S/C13H9N3O3/c14-7-8-1-4-12(18)11(5-8)16-15-10-3-2-9(17)6-13(10)19/h1-6,17-19H. The van der Waals surface area contributed by atoms with E-state index in [0.717, 1.165) is 6.07 Å². The minimum Gasteiger partial charge on any atom is -0.508 e. The van der Waals surface area contributed by atoms with E-state index >= 15 is 0 Å². The van der Waals surface area contributed by atoms with Gasteiger partial charge in [0.2, 0.25) is 0 Å². The molecule has 3 N–H and O–H groups in total. The Morgan fingerprint density at radius 1 is 0.842 bits per heavy atom. The van der Waals surface area contributed by atoms with Crippen molar-refractivity contribution < 1.29 is 15.3 Å². The molecule has 0 aliphatic heterocycles. The van der Waals surface area contributed by atoms with Gasteiger partial charge in [-0.1, -0.05) is 0 Å². The van der Waals surface area contributed by atoms with Crippen LogP contribution in [0, 0.1) is 11.3 Å². The number of benzene rings is 2. The second-order valence-corrected chi connectivity index (χ2v) is 3.69. The van der Waals surface area contributed by atoms with E-state index in [1.807, 2.05) is 6.07 Å². The fraction of sp³-hybridized carbons (Fsp3) is 0. The van der Waals surface area contributed by atoms with E-state index in [4.69, 9.17) is 10.4 Å². The Hall–Kier alpha value is -3.07. The average Bonchev–Trinajstić information content (AvgIpc) is 2.39. The van der Waals surface area contributed by atoms with Gasteiger partial charge in [0, 0.05) is 6.07 Å². The van der Waals surface area contributed by atoms with Crippen LogP contribution < -0.4 is 0 Å². The van der Waals surface area contributed by atoms with Crippen molar-refractivity contribution in [2.75, 3.05) is 0 Å². The van der Waals surface area contributed by atoms with Gasteiger partial charge in [-0.25, -0.2) is 0 Å². The van der Waals surface area contributed by atoms with Gasteiger partial charge < -0.3 is 15.3 Å². The lowest BCUT2D eigenvalue weighted by Gasteiger charge is -2.00. The number of hydrogen-bond acceptors (Lipinski definition) is 6. The number of phenols is 3. The molecule has 2 rings (SSSR count). The van der Waals surface area contributed by atoms with E-state index in [2.05, 4.69) is 10.2 Å². The molecule has 94 valence electrons. The van der Waals surface area contributed by atoms with Crippen molar-refractivity contribution in [2.24, 2.45) is 10.2 Å². The summed E-state index contributed by atoms with van der Waals surface area (Å²) in [6, 6.07) is 9.92. The first-order chi connectivity index (χ1) is 9.10. The zero-order valence-corrected chi connectivity index (χ0v) is 9.65. The molecular formula is C13H9N3O3. The summed E-state index contributed by atoms with van der Waals surface area (Å²) >= 11 is 0. The summed E-state index contributed by atoms with van der Waals surface area (Å²) in [6.07, 6.45) is 0. The number of nitrogens with zero attached hydrogens (tertiary/aromatic N) is 3. The number of nitriles is 1. The molecule has 0 bridgehead atoms. The molecule has 0 aliphatic rings. The molecule has 2 aromatic carbocycles. The molecule has 6 nitrogen and oxygen atoms in total. The molecule has 6 heteroatoms. The van der Waals surface area contributed by atoms with Crippen molar-refractivity contribution in [3.05, 3.63) is 42.0 Å². The highest BCUT2D eigenvalue weighted by Crippen LogP contribution is 2.33. The van der Waals surface area contributed by atoms with Crippen molar-refractivity contribution in [1.29, 1.82) is 5.26 Å². The Balaban J connectivity index is 2.35. The summed E-state index contributed by atoms with van der Waals surface area (Å²) in [7, 11) is 0. The number of rotatable bonds is 2. The summed E-state index contributed by atoms with van der Waals surface area (Å²) in [5, 5.41) is 44.4. The first-order valence-electron chi connectivity index (χ1n) is 5.27. The highest BCUT2D eigenvalue weighted by Gasteiger charge is 2.04. The molecule has 19 heavy (non-hydrogen) atoms. The fourth-order valence-electron chi connectivity index (χ4n) is 1.38. The minimum absolute atomic E-state index is 0.0919. The van der Waals surface area contributed by atoms with E-state index in [1.54, 1.807) is 0 Å². The van der Waals surface area contributed by atoms with Crippen LogP contribution in [-0.4, -0.2) is 15.3 Å². The van der Waals surface area contributed by atoms with E-state index < -0.39 is 0 Å². The number of azo groups is 1. The fourth-order valence-corrected chi connectivity index (χ4v) is 1.38. The molecule has 0 aromatic heterocycles. The monoisotopic (exact) mass is 255 g/mol. The molecule has 0 saturated carbocycles. The van der Waals surface area contributed by atoms with Crippen LogP contribution in [-0.2, 0) is 0 Å². The van der Waals surface area contributed by atoms with Gasteiger partial charge in [-0.15, -0.1) is 10.2 Å². The van der Waals surface area contributed by atoms with Crippen LogP contribution in [0.2, 0.25) is 0 Å². The van der Waals surface area contributed by atoms with Gasteiger partial charge in [0.1, 0.15) is 28.6 Å². The molecule has 0 unspecified atom stereocenters. The molecule has 0 aliphatic carbocycles. The number of aromatic hydroxyl groups is 3. The highest BCUT2D eigenvalue weighted by atomic mass is 16.3. The van der Waals surface area contributed by atoms with Crippen LogP contribution in [0.25, 0.3) is 0 Å². The topological polar surface area (TPSA) is 109 Å². The van der Waals surface area contributed by atoms with E-state index in [1.165, 1.54) is 30.3 Å². The molecule has 0 radical (unpaired) electrons. The molecule has 0 heterocycles. The quantitative estimate of drug-likeness (QED) is 0.716. The predicted octanol–water partition coefficient (Wildman–Crippen LogP) is 3.09. The third kappa shape index (κ3) is 2.79. The van der Waals surface area contributed by atoms with E-state index in [0.29, 0.717) is 5.56 Å². The van der Waals surface area contributed by atoms with Crippen LogP contribution in [0.15, 0.2) is 46.6 Å². The molecule has 0 fully saturated rings. The van der Waals surface area contributed by atoms with E-state index in [-0.39, 0.29) is 28.6 Å². The second kappa shape index (κ2) is 5.06. The summed E-state index contributed by atoms with van der Waals surface area (Å²) in [6.45, 7) is 0. The van der Waals surface area contributed by atoms with Crippen molar-refractivity contribution in [3.8, 4) is 23.3 Å². The first-order valence-corrected chi connectivity index (χ1v) is 5.27. The molecule has 0 amide bonds. The zero-order valence-electron chi connectivity index (χ0n) is 9.65. The number of phenolic OH excluding ortho intramolecular Hbond substituents is 3. The molecule has 0 saturated heterocycles. The van der Waals surface area contributed by atoms with Gasteiger partial charge >= 0.3 is 0 Å². The lowest BCUT2D eigenvalue weighted by Crippen LogP contribution is -1.74. The lowest BCUT2D eigenvalue weighted by atomic mass is 10.2. The van der Waals surface area contributed by atoms with E-state index in [9.17, 15) is 10.2 Å². The Kier molecular flexibility index (Phi) is 3.30. The largest absolute Gasteiger partial charge is 0.508 e. The van der Waals surface area contributed by atoms with Gasteiger partial charge in [0.05, 0.1) is 11.6 Å². The lowest BCUT2D eigenvalue weighted by molar-refractivity contribution is 0.451. The van der Waals surface area contributed by atoms with Crippen molar-refractivity contribution in [1.82, 2.24) is 0 Å². The van der Waals surface area contributed by atoms with Gasteiger partial charge in [-0.2, -0.15) is 5.26 Å². The first kappa shape index (κ1) is 12.4. The zero-order chi connectivity index (χ0) is 13.8. The molecule has 0 atom stereocenters. The summed E-state index contributed by atoms with van der Waals surface area (Å²) in [4.78, 5) is 0. The summed E-state index contributed by atoms with van der Waals surface area (Å²) in [5.41, 5.74) is 0.591. The Morgan fingerprint density at radius 3 is 2.26 bits per heavy atom. The maximum absolute atomic E-state index is 9.56. The van der Waals surface area contributed by atoms with Gasteiger partial charge in [0.15, 0.2) is 0 Å². The van der Waals surface area contributed by atoms with Crippen LogP contribution in [0.1, 0.15) is 5.56 Å². The second-order valence-electron chi connectivity index (χ2n) is 3.69. The van der Waals surface area contributed by atoms with Crippen LogP contribution in [0.4, 0.5) is 11.4 Å². The summed E-state index contributed by atoms with van der Waals surface area (Å²) in [5.74, 6) is -0.452. The smallest absolute Gasteiger partial charge is 0.146 e. The van der Waals surface area contributed by atoms with Gasteiger partial charge in [0.25, 0.3) is 0 Å². The Morgan fingerprint density at radius 2 is 1.58 bits per heavy atom. The molecular weight excluding hydrogens is 246 g/mol. The maximum Gasteiger partial charge on any atom is 0.146 e. The third-order valence-electron chi connectivity index (χ3n) is 2.33.